The summed E-state index contributed by atoms with van der Waals surface area (Å²) in [5, 5.41) is 8.94. The number of allylic oxidation sites excluding steroid dienone is 3. The van der Waals surface area contributed by atoms with E-state index >= 15 is 4.39 Å². The second-order valence-electron chi connectivity index (χ2n) is 8.52. The first-order valence-corrected chi connectivity index (χ1v) is 11.5. The Morgan fingerprint density at radius 2 is 2.17 bits per heavy atom. The maximum atomic E-state index is 15.1. The number of carbonyl (C=O) groups is 1. The number of nitriles is 1. The molecule has 0 saturated heterocycles. The van der Waals surface area contributed by atoms with Gasteiger partial charge >= 0.3 is 0 Å². The Morgan fingerprint density at radius 3 is 2.77 bits per heavy atom. The largest absolute Gasteiger partial charge is 0.378 e. The Kier molecular flexibility index (Phi) is 7.62. The molecule has 2 heterocycles. The minimum Gasteiger partial charge on any atom is -0.378 e. The molecule has 3 atom stereocenters. The summed E-state index contributed by atoms with van der Waals surface area (Å²) in [4.78, 5) is 21.8. The lowest BCUT2D eigenvalue weighted by Gasteiger charge is -2.34. The number of aromatic nitrogens is 1. The molecular weight excluding hydrogens is 468 g/mol. The summed E-state index contributed by atoms with van der Waals surface area (Å²) < 4.78 is 29.0. The predicted octanol–water partition coefficient (Wildman–Crippen LogP) is 3.83. The molecule has 1 amide bonds. The van der Waals surface area contributed by atoms with Crippen molar-refractivity contribution in [3.05, 3.63) is 77.4 Å². The number of pyridine rings is 1. The van der Waals surface area contributed by atoms with E-state index in [4.69, 9.17) is 11.0 Å². The number of carbonyl (C=O) groups excluding carboxylic acids is 1. The van der Waals surface area contributed by atoms with Crippen LogP contribution in [-0.4, -0.2) is 52.0 Å². The Labute approximate surface area is 208 Å². The van der Waals surface area contributed by atoms with Gasteiger partial charge in [-0.3, -0.25) is 4.79 Å². The van der Waals surface area contributed by atoms with E-state index in [1.54, 1.807) is 39.2 Å². The summed E-state index contributed by atoms with van der Waals surface area (Å²) in [6, 6.07) is 5.20. The van der Waals surface area contributed by atoms with E-state index < -0.39 is 22.8 Å². The van der Waals surface area contributed by atoms with Crippen LogP contribution in [0.4, 0.5) is 8.78 Å². The average molecular weight is 494 g/mol. The fourth-order valence-corrected chi connectivity index (χ4v) is 5.06. The predicted molar refractivity (Wildman–Crippen MR) is 135 cm³/mol. The SMILES string of the molecule is C=C(/C(F)=C\C=C(/C)C#Cc1ccc(C#N)cn1)[C@@]1(CF)N=C(N)S[C@@]2(/C=C/C(=O)N(C)C)C[C@H]21. The first-order valence-electron chi connectivity index (χ1n) is 10.7. The fourth-order valence-electron chi connectivity index (χ4n) is 3.74. The number of amidine groups is 1. The van der Waals surface area contributed by atoms with E-state index in [2.05, 4.69) is 28.4 Å². The molecular formula is C26H25F2N5OS. The zero-order valence-corrected chi connectivity index (χ0v) is 20.5. The number of hydrogen-bond acceptors (Lipinski definition) is 6. The normalized spacial score (nSPS) is 25.6. The van der Waals surface area contributed by atoms with Crippen molar-refractivity contribution in [1.29, 1.82) is 5.26 Å². The van der Waals surface area contributed by atoms with Gasteiger partial charge in [0.25, 0.3) is 0 Å². The molecule has 1 aliphatic carbocycles. The van der Waals surface area contributed by atoms with E-state index in [-0.39, 0.29) is 22.6 Å². The molecule has 0 spiro atoms. The Morgan fingerprint density at radius 1 is 1.43 bits per heavy atom. The molecule has 6 nitrogen and oxygen atoms in total. The van der Waals surface area contributed by atoms with E-state index in [0.29, 0.717) is 23.3 Å². The average Bonchev–Trinajstić information content (AvgIpc) is 3.58. The van der Waals surface area contributed by atoms with Crippen molar-refractivity contribution in [1.82, 2.24) is 9.88 Å². The van der Waals surface area contributed by atoms with Crippen LogP contribution in [0, 0.1) is 29.1 Å². The van der Waals surface area contributed by atoms with Crippen molar-refractivity contribution in [3.8, 4) is 17.9 Å². The summed E-state index contributed by atoms with van der Waals surface area (Å²) in [6.45, 7) is 4.54. The number of amides is 1. The Balaban J connectivity index is 1.81. The molecule has 1 aromatic rings. The van der Waals surface area contributed by atoms with Crippen molar-refractivity contribution >= 4 is 22.8 Å². The van der Waals surface area contributed by atoms with Crippen LogP contribution >= 0.6 is 11.8 Å². The van der Waals surface area contributed by atoms with Crippen molar-refractivity contribution in [2.75, 3.05) is 20.8 Å². The lowest BCUT2D eigenvalue weighted by molar-refractivity contribution is -0.123. The molecule has 0 aromatic carbocycles. The van der Waals surface area contributed by atoms with Gasteiger partial charge in [0.15, 0.2) is 5.17 Å². The fraction of sp³-hybridized carbons (Fsp3) is 0.308. The highest BCUT2D eigenvalue weighted by Crippen LogP contribution is 2.65. The zero-order valence-electron chi connectivity index (χ0n) is 19.7. The Hall–Kier alpha value is -3.69. The summed E-state index contributed by atoms with van der Waals surface area (Å²) in [7, 11) is 3.26. The maximum Gasteiger partial charge on any atom is 0.245 e. The highest BCUT2D eigenvalue weighted by atomic mass is 32.2. The number of nitrogens with zero attached hydrogens (tertiary/aromatic N) is 4. The van der Waals surface area contributed by atoms with Gasteiger partial charge in [0.1, 0.15) is 29.8 Å². The van der Waals surface area contributed by atoms with E-state index in [0.717, 1.165) is 0 Å². The standard InChI is InChI=1S/C26H25F2N5OS/c1-17(5-8-20-9-7-19(14-29)15-31-20)6-10-21(28)18(2)26(16-27)22-13-25(22,35-24(30)32-26)12-11-23(34)33(3)4/h6-7,9-12,15,22H,2,13,16H2,1,3-4H3,(H2,30,32)/b12-11+,17-6+,21-10+/t22-,25+,26-/m1/s1. The molecule has 0 radical (unpaired) electrons. The number of nitrogens with two attached hydrogens (primary N) is 1. The van der Waals surface area contributed by atoms with Gasteiger partial charge in [0, 0.05) is 42.6 Å². The molecule has 3 rings (SSSR count). The van der Waals surface area contributed by atoms with E-state index in [1.165, 1.54) is 41.1 Å². The van der Waals surface area contributed by atoms with Crippen LogP contribution < -0.4 is 5.73 Å². The minimum absolute atomic E-state index is 0.103. The molecule has 1 fully saturated rings. The van der Waals surface area contributed by atoms with Gasteiger partial charge in [-0.2, -0.15) is 5.26 Å². The van der Waals surface area contributed by atoms with Crippen LogP contribution in [0.25, 0.3) is 0 Å². The molecule has 0 unspecified atom stereocenters. The topological polar surface area (TPSA) is 95.4 Å². The number of fused-ring (bicyclic) bond motifs is 1. The molecule has 2 aliphatic rings. The second kappa shape index (κ2) is 10.3. The van der Waals surface area contributed by atoms with Crippen molar-refractivity contribution in [2.24, 2.45) is 16.6 Å². The van der Waals surface area contributed by atoms with Gasteiger partial charge in [-0.25, -0.2) is 18.8 Å². The summed E-state index contributed by atoms with van der Waals surface area (Å²) in [5.41, 5.74) is 5.80. The van der Waals surface area contributed by atoms with Gasteiger partial charge in [0.05, 0.1) is 5.56 Å². The zero-order chi connectivity index (χ0) is 25.8. The third-order valence-corrected chi connectivity index (χ3v) is 7.12. The smallest absolute Gasteiger partial charge is 0.245 e. The highest BCUT2D eigenvalue weighted by molar-refractivity contribution is 8.15. The molecule has 0 bridgehead atoms. The number of hydrogen-bond donors (Lipinski definition) is 1. The van der Waals surface area contributed by atoms with Crippen molar-refractivity contribution < 1.29 is 13.6 Å². The van der Waals surface area contributed by atoms with Gasteiger partial charge < -0.3 is 10.6 Å². The molecule has 180 valence electrons. The van der Waals surface area contributed by atoms with Crippen LogP contribution in [0.5, 0.6) is 0 Å². The second-order valence-corrected chi connectivity index (χ2v) is 9.91. The van der Waals surface area contributed by atoms with Crippen LogP contribution in [-0.2, 0) is 4.79 Å². The molecule has 1 aromatic heterocycles. The van der Waals surface area contributed by atoms with Crippen LogP contribution in [0.15, 0.2) is 71.2 Å². The van der Waals surface area contributed by atoms with Gasteiger partial charge in [0.2, 0.25) is 5.91 Å². The molecule has 1 saturated carbocycles. The first-order chi connectivity index (χ1) is 16.6. The number of rotatable bonds is 6. The van der Waals surface area contributed by atoms with Crippen molar-refractivity contribution in [2.45, 2.75) is 23.6 Å². The Bertz CT molecular complexity index is 1260. The number of alkyl halides is 1. The summed E-state index contributed by atoms with van der Waals surface area (Å²) >= 11 is 1.25. The molecule has 1 aliphatic heterocycles. The molecule has 35 heavy (non-hydrogen) atoms. The maximum absolute atomic E-state index is 15.1. The minimum atomic E-state index is -1.54. The van der Waals surface area contributed by atoms with Crippen molar-refractivity contribution in [3.63, 3.8) is 0 Å². The third kappa shape index (κ3) is 5.52. The first kappa shape index (κ1) is 25.9. The van der Waals surface area contributed by atoms with Gasteiger partial charge in [-0.1, -0.05) is 30.3 Å². The molecule has 2 N–H and O–H groups in total. The van der Waals surface area contributed by atoms with Crippen LogP contribution in [0.3, 0.4) is 0 Å². The summed E-state index contributed by atoms with van der Waals surface area (Å²) in [6.07, 6.45) is 7.69. The third-order valence-electron chi connectivity index (χ3n) is 5.86. The number of thioether (sulfide) groups is 1. The molecule has 9 heteroatoms. The van der Waals surface area contributed by atoms with Crippen LogP contribution in [0.2, 0.25) is 0 Å². The summed E-state index contributed by atoms with van der Waals surface area (Å²) in [5.74, 6) is 4.37. The van der Waals surface area contributed by atoms with E-state index in [9.17, 15) is 9.18 Å². The van der Waals surface area contributed by atoms with E-state index in [1.807, 2.05) is 6.07 Å². The van der Waals surface area contributed by atoms with Crippen LogP contribution in [0.1, 0.15) is 24.6 Å². The monoisotopic (exact) mass is 493 g/mol. The van der Waals surface area contributed by atoms with Gasteiger partial charge in [-0.05, 0) is 49.1 Å². The lowest BCUT2D eigenvalue weighted by Crippen LogP contribution is -2.42. The number of aliphatic imine (C=N–C) groups is 1. The lowest BCUT2D eigenvalue weighted by atomic mass is 9.84. The number of halogens is 2. The quantitative estimate of drug-likeness (QED) is 0.369. The highest BCUT2D eigenvalue weighted by Gasteiger charge is 2.67. The number of likely N-dealkylation sites (N-methyl/N-ethyl adjacent to an activating group) is 1. The van der Waals surface area contributed by atoms with Gasteiger partial charge in [-0.15, -0.1) is 0 Å².